The molecule has 1 heterocycles. The van der Waals surface area contributed by atoms with Crippen LogP contribution in [0.25, 0.3) is 11.0 Å². The summed E-state index contributed by atoms with van der Waals surface area (Å²) in [5, 5.41) is 3.92. The molecule has 2 amide bonds. The summed E-state index contributed by atoms with van der Waals surface area (Å²) in [6.07, 6.45) is 1.95. The van der Waals surface area contributed by atoms with Crippen molar-refractivity contribution < 1.29 is 14.0 Å². The highest BCUT2D eigenvalue weighted by Gasteiger charge is 2.20. The van der Waals surface area contributed by atoms with E-state index >= 15 is 0 Å². The van der Waals surface area contributed by atoms with Crippen LogP contribution in [0.4, 0.5) is 5.69 Å². The Labute approximate surface area is 194 Å². The number of benzene rings is 3. The number of anilines is 1. The topological polar surface area (TPSA) is 62.6 Å². The van der Waals surface area contributed by atoms with Crippen molar-refractivity contribution in [1.29, 1.82) is 0 Å². The smallest absolute Gasteiger partial charge is 0.255 e. The van der Waals surface area contributed by atoms with E-state index < -0.39 is 0 Å². The van der Waals surface area contributed by atoms with E-state index in [1.807, 2.05) is 69.3 Å². The van der Waals surface area contributed by atoms with Crippen molar-refractivity contribution in [1.82, 2.24) is 4.90 Å². The molecule has 0 unspecified atom stereocenters. The molecule has 5 heteroatoms. The van der Waals surface area contributed by atoms with Crippen LogP contribution in [0.2, 0.25) is 0 Å². The van der Waals surface area contributed by atoms with Gasteiger partial charge >= 0.3 is 0 Å². The van der Waals surface area contributed by atoms with E-state index in [1.54, 1.807) is 30.3 Å². The number of hydrogen-bond acceptors (Lipinski definition) is 3. The van der Waals surface area contributed by atoms with E-state index in [0.29, 0.717) is 11.3 Å². The van der Waals surface area contributed by atoms with Gasteiger partial charge < -0.3 is 14.6 Å². The summed E-state index contributed by atoms with van der Waals surface area (Å²) in [7, 11) is 1.81. The normalized spacial score (nSPS) is 11.9. The van der Waals surface area contributed by atoms with E-state index in [0.717, 1.165) is 27.7 Å². The molecule has 5 nitrogen and oxygen atoms in total. The number of carbonyl (C=O) groups excluding carboxylic acids is 2. The molecule has 0 aliphatic heterocycles. The number of fused-ring (bicyclic) bond motifs is 1. The molecule has 0 aliphatic rings. The summed E-state index contributed by atoms with van der Waals surface area (Å²) in [5.41, 5.74) is 6.24. The fraction of sp³-hybridized carbons (Fsp3) is 0.214. The van der Waals surface area contributed by atoms with Crippen LogP contribution < -0.4 is 5.32 Å². The molecule has 0 aliphatic carbocycles. The molecule has 0 fully saturated rings. The number of nitrogens with zero attached hydrogens (tertiary/aromatic N) is 1. The van der Waals surface area contributed by atoms with Gasteiger partial charge in [0.15, 0.2) is 0 Å². The van der Waals surface area contributed by atoms with Crippen molar-refractivity contribution in [3.8, 4) is 0 Å². The van der Waals surface area contributed by atoms with Crippen molar-refractivity contribution in [2.45, 2.75) is 33.2 Å². The van der Waals surface area contributed by atoms with Crippen molar-refractivity contribution in [2.75, 3.05) is 12.4 Å². The SMILES string of the molecule is Cc1ccc2c(CC(=O)N(C)[C@H](C)c3cccc(NC(=O)c4ccccc4)c3)coc2c1C. The minimum Gasteiger partial charge on any atom is -0.464 e. The monoisotopic (exact) mass is 440 g/mol. The Kier molecular flexibility index (Phi) is 6.31. The lowest BCUT2D eigenvalue weighted by Crippen LogP contribution is -2.31. The second kappa shape index (κ2) is 9.33. The standard InChI is InChI=1S/C28H28N2O3/c1-18-13-14-25-23(17-33-27(25)19(18)2)16-26(31)30(4)20(3)22-11-8-12-24(15-22)29-28(32)21-9-6-5-7-10-21/h5-15,17,20H,16H2,1-4H3,(H,29,32)/t20-/m1/s1. The van der Waals surface area contributed by atoms with Crippen LogP contribution >= 0.6 is 0 Å². The van der Waals surface area contributed by atoms with Crippen molar-refractivity contribution in [3.05, 3.63) is 101 Å². The van der Waals surface area contributed by atoms with Crippen LogP contribution in [0.3, 0.4) is 0 Å². The van der Waals surface area contributed by atoms with Crippen LogP contribution in [0.15, 0.2) is 77.4 Å². The molecule has 0 spiro atoms. The van der Waals surface area contributed by atoms with Crippen LogP contribution in [-0.2, 0) is 11.2 Å². The molecule has 1 aromatic heterocycles. The highest BCUT2D eigenvalue weighted by Crippen LogP contribution is 2.28. The Morgan fingerprint density at radius 2 is 1.76 bits per heavy atom. The quantitative estimate of drug-likeness (QED) is 0.396. The molecule has 4 aromatic rings. The van der Waals surface area contributed by atoms with Gasteiger partial charge in [0.1, 0.15) is 5.58 Å². The number of furan rings is 1. The number of rotatable bonds is 6. The lowest BCUT2D eigenvalue weighted by atomic mass is 10.0. The van der Waals surface area contributed by atoms with Gasteiger partial charge in [-0.1, -0.05) is 42.5 Å². The first kappa shape index (κ1) is 22.3. The third-order valence-corrected chi connectivity index (χ3v) is 6.32. The average Bonchev–Trinajstić information content (AvgIpc) is 3.24. The molecule has 33 heavy (non-hydrogen) atoms. The summed E-state index contributed by atoms with van der Waals surface area (Å²) in [5.74, 6) is -0.163. The average molecular weight is 441 g/mol. The molecular formula is C28H28N2O3. The molecule has 168 valence electrons. The molecule has 0 saturated carbocycles. The maximum Gasteiger partial charge on any atom is 0.255 e. The number of likely N-dealkylation sites (N-methyl/N-ethyl adjacent to an activating group) is 1. The van der Waals surface area contributed by atoms with Crippen LogP contribution in [-0.4, -0.2) is 23.8 Å². The fourth-order valence-electron chi connectivity index (χ4n) is 3.92. The Balaban J connectivity index is 1.47. The molecule has 0 radical (unpaired) electrons. The zero-order chi connectivity index (χ0) is 23.5. The predicted octanol–water partition coefficient (Wildman–Crippen LogP) is 6.06. The van der Waals surface area contributed by atoms with Crippen LogP contribution in [0.1, 0.15) is 45.6 Å². The zero-order valence-electron chi connectivity index (χ0n) is 19.4. The summed E-state index contributed by atoms with van der Waals surface area (Å²) in [6.45, 7) is 6.06. The zero-order valence-corrected chi connectivity index (χ0v) is 19.4. The first-order chi connectivity index (χ1) is 15.8. The first-order valence-electron chi connectivity index (χ1n) is 11.0. The predicted molar refractivity (Wildman–Crippen MR) is 131 cm³/mol. The summed E-state index contributed by atoms with van der Waals surface area (Å²) in [4.78, 5) is 27.3. The minimum absolute atomic E-state index is 0.00199. The van der Waals surface area contributed by atoms with Gasteiger partial charge in [0, 0.05) is 29.2 Å². The summed E-state index contributed by atoms with van der Waals surface area (Å²) in [6, 6.07) is 20.6. The van der Waals surface area contributed by atoms with Crippen LogP contribution in [0, 0.1) is 13.8 Å². The number of amides is 2. The third kappa shape index (κ3) is 4.67. The van der Waals surface area contributed by atoms with Crippen molar-refractivity contribution in [3.63, 3.8) is 0 Å². The second-order valence-electron chi connectivity index (χ2n) is 8.45. The van der Waals surface area contributed by atoms with E-state index in [9.17, 15) is 9.59 Å². The highest BCUT2D eigenvalue weighted by molar-refractivity contribution is 6.04. The fourth-order valence-corrected chi connectivity index (χ4v) is 3.92. The van der Waals surface area contributed by atoms with E-state index in [2.05, 4.69) is 11.4 Å². The number of hydrogen-bond donors (Lipinski definition) is 1. The van der Waals surface area contributed by atoms with Gasteiger partial charge in [-0.25, -0.2) is 0 Å². The van der Waals surface area contributed by atoms with Gasteiger partial charge in [-0.2, -0.15) is 0 Å². The summed E-state index contributed by atoms with van der Waals surface area (Å²) < 4.78 is 5.76. The van der Waals surface area contributed by atoms with Gasteiger partial charge in [-0.15, -0.1) is 0 Å². The lowest BCUT2D eigenvalue weighted by Gasteiger charge is -2.26. The van der Waals surface area contributed by atoms with E-state index in [1.165, 1.54) is 5.56 Å². The van der Waals surface area contributed by atoms with Gasteiger partial charge in [0.05, 0.1) is 18.7 Å². The van der Waals surface area contributed by atoms with Gasteiger partial charge in [-0.05, 0) is 61.7 Å². The Bertz CT molecular complexity index is 1310. The van der Waals surface area contributed by atoms with Crippen LogP contribution in [0.5, 0.6) is 0 Å². The van der Waals surface area contributed by atoms with Gasteiger partial charge in [0.25, 0.3) is 5.91 Å². The Morgan fingerprint density at radius 3 is 2.52 bits per heavy atom. The summed E-state index contributed by atoms with van der Waals surface area (Å²) >= 11 is 0. The van der Waals surface area contributed by atoms with Gasteiger partial charge in [-0.3, -0.25) is 9.59 Å². The second-order valence-corrected chi connectivity index (χ2v) is 8.45. The van der Waals surface area contributed by atoms with E-state index in [-0.39, 0.29) is 24.3 Å². The minimum atomic E-state index is -0.165. The van der Waals surface area contributed by atoms with Crippen molar-refractivity contribution in [2.24, 2.45) is 0 Å². The van der Waals surface area contributed by atoms with Crippen molar-refractivity contribution >= 4 is 28.5 Å². The maximum atomic E-state index is 13.1. The molecular weight excluding hydrogens is 412 g/mol. The molecule has 0 saturated heterocycles. The third-order valence-electron chi connectivity index (χ3n) is 6.32. The first-order valence-corrected chi connectivity index (χ1v) is 11.0. The molecule has 0 bridgehead atoms. The van der Waals surface area contributed by atoms with E-state index in [4.69, 9.17) is 4.42 Å². The Hall–Kier alpha value is -3.86. The largest absolute Gasteiger partial charge is 0.464 e. The molecule has 4 rings (SSSR count). The maximum absolute atomic E-state index is 13.1. The number of aryl methyl sites for hydroxylation is 2. The highest BCUT2D eigenvalue weighted by atomic mass is 16.3. The molecule has 1 atom stereocenters. The van der Waals surface area contributed by atoms with Gasteiger partial charge in [0.2, 0.25) is 5.91 Å². The number of carbonyl (C=O) groups is 2. The lowest BCUT2D eigenvalue weighted by molar-refractivity contribution is -0.131. The Morgan fingerprint density at radius 1 is 1.00 bits per heavy atom. The number of nitrogens with one attached hydrogen (secondary N) is 1. The molecule has 1 N–H and O–H groups in total. The molecule has 3 aromatic carbocycles.